The van der Waals surface area contributed by atoms with E-state index >= 15 is 0 Å². The lowest BCUT2D eigenvalue weighted by Crippen LogP contribution is -2.16. The molecule has 0 amide bonds. The van der Waals surface area contributed by atoms with Gasteiger partial charge in [-0.2, -0.15) is 0 Å². The minimum atomic E-state index is -4.68. The topological polar surface area (TPSA) is 26.5 Å². The van der Waals surface area contributed by atoms with Gasteiger partial charge in [0, 0.05) is 18.0 Å². The first-order valence-corrected chi connectivity index (χ1v) is 6.22. The summed E-state index contributed by atoms with van der Waals surface area (Å²) in [4.78, 5) is 4.43. The molecule has 3 nitrogen and oxygen atoms in total. The van der Waals surface area contributed by atoms with Crippen molar-refractivity contribution in [2.24, 2.45) is 0 Å². The second-order valence-corrected chi connectivity index (χ2v) is 4.67. The van der Waals surface area contributed by atoms with Gasteiger partial charge in [0.05, 0.1) is 5.69 Å². The smallest absolute Gasteiger partial charge is 0.406 e. The Balaban J connectivity index is 1.91. The van der Waals surface area contributed by atoms with Crippen LogP contribution < -0.4 is 4.74 Å². The molecule has 3 aromatic rings. The molecule has 2 aromatic heterocycles. The predicted octanol–water partition coefficient (Wildman–Crippen LogP) is 4.21. The van der Waals surface area contributed by atoms with Crippen LogP contribution in [0.1, 0.15) is 5.56 Å². The lowest BCUT2D eigenvalue weighted by molar-refractivity contribution is -0.274. The molecule has 0 atom stereocenters. The van der Waals surface area contributed by atoms with Gasteiger partial charge in [-0.05, 0) is 42.8 Å². The summed E-state index contributed by atoms with van der Waals surface area (Å²) in [5, 5.41) is 0. The fourth-order valence-corrected chi connectivity index (χ4v) is 2.07. The molecule has 2 heterocycles. The van der Waals surface area contributed by atoms with Gasteiger partial charge in [0.1, 0.15) is 11.4 Å². The lowest BCUT2D eigenvalue weighted by Gasteiger charge is -2.08. The number of hydrogen-bond acceptors (Lipinski definition) is 2. The quantitative estimate of drug-likeness (QED) is 0.707. The molecule has 0 aliphatic heterocycles. The summed E-state index contributed by atoms with van der Waals surface area (Å²) in [5.41, 5.74) is 3.30. The molecule has 0 fully saturated rings. The summed E-state index contributed by atoms with van der Waals surface area (Å²) < 4.78 is 42.0. The first-order chi connectivity index (χ1) is 9.90. The van der Waals surface area contributed by atoms with Crippen LogP contribution in [0.4, 0.5) is 13.2 Å². The predicted molar refractivity (Wildman–Crippen MR) is 72.0 cm³/mol. The van der Waals surface area contributed by atoms with Crippen LogP contribution >= 0.6 is 0 Å². The number of ether oxygens (including phenoxy) is 1. The van der Waals surface area contributed by atoms with Crippen molar-refractivity contribution in [3.8, 4) is 17.0 Å². The zero-order chi connectivity index (χ0) is 15.0. The normalized spacial score (nSPS) is 11.8. The van der Waals surface area contributed by atoms with Gasteiger partial charge in [-0.3, -0.25) is 0 Å². The molecule has 21 heavy (non-hydrogen) atoms. The van der Waals surface area contributed by atoms with Crippen molar-refractivity contribution in [3.05, 3.63) is 54.4 Å². The SMILES string of the molecule is Cc1ccc2nc(-c3ccc(OC(F)(F)F)cc3)cn2c1. The third-order valence-electron chi connectivity index (χ3n) is 2.98. The Labute approximate surface area is 118 Å². The highest BCUT2D eigenvalue weighted by Crippen LogP contribution is 2.26. The Morgan fingerprint density at radius 1 is 1.00 bits per heavy atom. The molecule has 3 rings (SSSR count). The van der Waals surface area contributed by atoms with Crippen molar-refractivity contribution >= 4 is 5.65 Å². The first kappa shape index (κ1) is 13.5. The number of rotatable bonds is 2. The van der Waals surface area contributed by atoms with E-state index in [2.05, 4.69) is 9.72 Å². The van der Waals surface area contributed by atoms with Crippen molar-refractivity contribution in [1.29, 1.82) is 0 Å². The molecule has 6 heteroatoms. The number of alkyl halides is 3. The van der Waals surface area contributed by atoms with Gasteiger partial charge < -0.3 is 9.14 Å². The second kappa shape index (κ2) is 4.80. The largest absolute Gasteiger partial charge is 0.573 e. The molecule has 0 saturated heterocycles. The Bertz CT molecular complexity index is 776. The molecule has 108 valence electrons. The summed E-state index contributed by atoms with van der Waals surface area (Å²) in [6.45, 7) is 1.97. The molecule has 0 spiro atoms. The highest BCUT2D eigenvalue weighted by atomic mass is 19.4. The van der Waals surface area contributed by atoms with Crippen LogP contribution in [-0.4, -0.2) is 15.7 Å². The van der Waals surface area contributed by atoms with Gasteiger partial charge in [-0.1, -0.05) is 6.07 Å². The molecule has 0 unspecified atom stereocenters. The van der Waals surface area contributed by atoms with E-state index in [1.54, 1.807) is 12.1 Å². The number of pyridine rings is 1. The molecule has 0 aliphatic carbocycles. The van der Waals surface area contributed by atoms with Crippen LogP contribution in [0.5, 0.6) is 5.75 Å². The summed E-state index contributed by atoms with van der Waals surface area (Å²) >= 11 is 0. The van der Waals surface area contributed by atoms with Gasteiger partial charge in [0.15, 0.2) is 0 Å². The van der Waals surface area contributed by atoms with Crippen LogP contribution in [0.25, 0.3) is 16.9 Å². The van der Waals surface area contributed by atoms with Crippen molar-refractivity contribution in [2.75, 3.05) is 0 Å². The van der Waals surface area contributed by atoms with E-state index in [-0.39, 0.29) is 5.75 Å². The monoisotopic (exact) mass is 292 g/mol. The van der Waals surface area contributed by atoms with E-state index in [4.69, 9.17) is 0 Å². The number of halogens is 3. The molecule has 0 bridgehead atoms. The van der Waals surface area contributed by atoms with Crippen LogP contribution in [0.15, 0.2) is 48.8 Å². The maximum atomic E-state index is 12.1. The van der Waals surface area contributed by atoms with Crippen molar-refractivity contribution < 1.29 is 17.9 Å². The van der Waals surface area contributed by atoms with Crippen molar-refractivity contribution in [3.63, 3.8) is 0 Å². The van der Waals surface area contributed by atoms with Gasteiger partial charge in [0.2, 0.25) is 0 Å². The third-order valence-corrected chi connectivity index (χ3v) is 2.98. The zero-order valence-electron chi connectivity index (χ0n) is 11.1. The number of nitrogens with zero attached hydrogens (tertiary/aromatic N) is 2. The number of aryl methyl sites for hydroxylation is 1. The standard InChI is InChI=1S/C15H11F3N2O/c1-10-2-7-14-19-13(9-20(14)8-10)11-3-5-12(6-4-11)21-15(16,17)18/h2-9H,1H3. The van der Waals surface area contributed by atoms with E-state index in [1.807, 2.05) is 35.9 Å². The highest BCUT2D eigenvalue weighted by molar-refractivity contribution is 5.63. The molecule has 1 aromatic carbocycles. The van der Waals surface area contributed by atoms with Crippen LogP contribution in [-0.2, 0) is 0 Å². The van der Waals surface area contributed by atoms with E-state index in [9.17, 15) is 13.2 Å². The number of imidazole rings is 1. The minimum absolute atomic E-state index is 0.245. The Hall–Kier alpha value is -2.50. The first-order valence-electron chi connectivity index (χ1n) is 6.22. The Morgan fingerprint density at radius 3 is 2.38 bits per heavy atom. The van der Waals surface area contributed by atoms with Crippen molar-refractivity contribution in [1.82, 2.24) is 9.38 Å². The molecular weight excluding hydrogens is 281 g/mol. The Morgan fingerprint density at radius 2 is 1.71 bits per heavy atom. The van der Waals surface area contributed by atoms with E-state index in [0.717, 1.165) is 16.8 Å². The number of fused-ring (bicyclic) bond motifs is 1. The molecule has 0 aliphatic rings. The Kier molecular flexibility index (Phi) is 3.08. The van der Waals surface area contributed by atoms with Crippen LogP contribution in [0.3, 0.4) is 0 Å². The summed E-state index contributed by atoms with van der Waals surface area (Å²) in [7, 11) is 0. The summed E-state index contributed by atoms with van der Waals surface area (Å²) in [6, 6.07) is 9.49. The number of hydrogen-bond donors (Lipinski definition) is 0. The van der Waals surface area contributed by atoms with Crippen LogP contribution in [0.2, 0.25) is 0 Å². The molecule has 0 saturated carbocycles. The fourth-order valence-electron chi connectivity index (χ4n) is 2.07. The molecule has 0 N–H and O–H groups in total. The van der Waals surface area contributed by atoms with Crippen molar-refractivity contribution in [2.45, 2.75) is 13.3 Å². The maximum absolute atomic E-state index is 12.1. The second-order valence-electron chi connectivity index (χ2n) is 4.67. The lowest BCUT2D eigenvalue weighted by atomic mass is 10.2. The van der Waals surface area contributed by atoms with E-state index < -0.39 is 6.36 Å². The molecular formula is C15H11F3N2O. The maximum Gasteiger partial charge on any atom is 0.573 e. The molecule has 0 radical (unpaired) electrons. The van der Waals surface area contributed by atoms with Gasteiger partial charge >= 0.3 is 6.36 Å². The zero-order valence-corrected chi connectivity index (χ0v) is 11.1. The third kappa shape index (κ3) is 2.99. The summed E-state index contributed by atoms with van der Waals surface area (Å²) in [6.07, 6.45) is -0.906. The van der Waals surface area contributed by atoms with Gasteiger partial charge in [-0.25, -0.2) is 4.98 Å². The fraction of sp³-hybridized carbons (Fsp3) is 0.133. The average molecular weight is 292 g/mol. The number of benzene rings is 1. The average Bonchev–Trinajstić information content (AvgIpc) is 2.80. The number of aromatic nitrogens is 2. The van der Waals surface area contributed by atoms with Gasteiger partial charge in [0.25, 0.3) is 0 Å². The van der Waals surface area contributed by atoms with E-state index in [0.29, 0.717) is 5.69 Å². The van der Waals surface area contributed by atoms with Gasteiger partial charge in [-0.15, -0.1) is 13.2 Å². The van der Waals surface area contributed by atoms with Crippen LogP contribution in [0, 0.1) is 6.92 Å². The summed E-state index contributed by atoms with van der Waals surface area (Å²) in [5.74, 6) is -0.245. The highest BCUT2D eigenvalue weighted by Gasteiger charge is 2.30. The van der Waals surface area contributed by atoms with E-state index in [1.165, 1.54) is 12.1 Å². The minimum Gasteiger partial charge on any atom is -0.406 e.